The van der Waals surface area contributed by atoms with Crippen molar-refractivity contribution in [3.8, 4) is 11.3 Å². The minimum absolute atomic E-state index is 0.415. The SMILES string of the molecule is S=C(N/N=C\c1ccc(-c2cccc3ccccc23)o1)Nc1ccccc1. The number of rotatable bonds is 4. The molecular formula is C22H17N3OS. The molecule has 4 nitrogen and oxygen atoms in total. The second-order valence-electron chi connectivity index (χ2n) is 5.92. The van der Waals surface area contributed by atoms with E-state index in [0.717, 1.165) is 22.4 Å². The van der Waals surface area contributed by atoms with Gasteiger partial charge in [0.2, 0.25) is 0 Å². The molecule has 0 spiro atoms. The van der Waals surface area contributed by atoms with Crippen molar-refractivity contribution in [1.82, 2.24) is 5.43 Å². The van der Waals surface area contributed by atoms with Crippen molar-refractivity contribution in [3.63, 3.8) is 0 Å². The highest BCUT2D eigenvalue weighted by atomic mass is 32.1. The Morgan fingerprint density at radius 1 is 0.852 bits per heavy atom. The lowest BCUT2D eigenvalue weighted by molar-refractivity contribution is 0.575. The summed E-state index contributed by atoms with van der Waals surface area (Å²) in [5.74, 6) is 1.45. The zero-order chi connectivity index (χ0) is 18.5. The topological polar surface area (TPSA) is 49.6 Å². The zero-order valence-electron chi connectivity index (χ0n) is 14.4. The number of benzene rings is 3. The average molecular weight is 371 g/mol. The Hall–Kier alpha value is -3.44. The molecule has 0 unspecified atom stereocenters. The fourth-order valence-corrected chi connectivity index (χ4v) is 3.01. The Kier molecular flexibility index (Phi) is 4.94. The quantitative estimate of drug-likeness (QED) is 0.286. The van der Waals surface area contributed by atoms with Gasteiger partial charge in [0.1, 0.15) is 11.5 Å². The molecule has 2 N–H and O–H groups in total. The van der Waals surface area contributed by atoms with Gasteiger partial charge in [-0.05, 0) is 47.3 Å². The van der Waals surface area contributed by atoms with Crippen LogP contribution < -0.4 is 10.7 Å². The van der Waals surface area contributed by atoms with Crippen LogP contribution in [0.1, 0.15) is 5.76 Å². The van der Waals surface area contributed by atoms with Crippen molar-refractivity contribution in [2.24, 2.45) is 5.10 Å². The van der Waals surface area contributed by atoms with Gasteiger partial charge in [0, 0.05) is 11.3 Å². The second-order valence-corrected chi connectivity index (χ2v) is 6.33. The summed E-state index contributed by atoms with van der Waals surface area (Å²) in [6.45, 7) is 0. The van der Waals surface area contributed by atoms with E-state index in [1.54, 1.807) is 6.21 Å². The first-order valence-electron chi connectivity index (χ1n) is 8.53. The van der Waals surface area contributed by atoms with Crippen LogP contribution in [0.25, 0.3) is 22.1 Å². The normalized spacial score (nSPS) is 11.0. The van der Waals surface area contributed by atoms with Crippen LogP contribution in [0.3, 0.4) is 0 Å². The number of anilines is 1. The van der Waals surface area contributed by atoms with Crippen LogP contribution in [0.15, 0.2) is 94.4 Å². The summed E-state index contributed by atoms with van der Waals surface area (Å²) in [4.78, 5) is 0. The van der Waals surface area contributed by atoms with E-state index >= 15 is 0 Å². The van der Waals surface area contributed by atoms with Crippen molar-refractivity contribution in [2.75, 3.05) is 5.32 Å². The molecule has 0 amide bonds. The number of hydrogen-bond donors (Lipinski definition) is 2. The van der Waals surface area contributed by atoms with Gasteiger partial charge in [-0.25, -0.2) is 0 Å². The van der Waals surface area contributed by atoms with E-state index in [0.29, 0.717) is 10.9 Å². The second kappa shape index (κ2) is 7.85. The molecule has 4 aromatic rings. The molecule has 0 aliphatic heterocycles. The highest BCUT2D eigenvalue weighted by Gasteiger charge is 2.07. The third kappa shape index (κ3) is 4.04. The van der Waals surface area contributed by atoms with Crippen LogP contribution in [-0.2, 0) is 0 Å². The number of nitrogens with zero attached hydrogens (tertiary/aromatic N) is 1. The molecule has 1 aromatic heterocycles. The Morgan fingerprint density at radius 2 is 1.63 bits per heavy atom. The molecule has 0 aliphatic rings. The van der Waals surface area contributed by atoms with Crippen LogP contribution in [-0.4, -0.2) is 11.3 Å². The molecule has 0 atom stereocenters. The Labute approximate surface area is 162 Å². The van der Waals surface area contributed by atoms with Crippen LogP contribution >= 0.6 is 12.2 Å². The largest absolute Gasteiger partial charge is 0.455 e. The molecule has 0 fully saturated rings. The molecule has 27 heavy (non-hydrogen) atoms. The molecule has 5 heteroatoms. The van der Waals surface area contributed by atoms with E-state index in [4.69, 9.17) is 16.6 Å². The van der Waals surface area contributed by atoms with Crippen molar-refractivity contribution >= 4 is 40.0 Å². The lowest BCUT2D eigenvalue weighted by atomic mass is 10.0. The van der Waals surface area contributed by atoms with Gasteiger partial charge in [0.15, 0.2) is 5.11 Å². The summed E-state index contributed by atoms with van der Waals surface area (Å²) in [5.41, 5.74) is 4.75. The third-order valence-corrected chi connectivity index (χ3v) is 4.26. The summed E-state index contributed by atoms with van der Waals surface area (Å²) >= 11 is 5.22. The summed E-state index contributed by atoms with van der Waals surface area (Å²) < 4.78 is 5.92. The standard InChI is InChI=1S/C22H17N3OS/c27-22(24-17-9-2-1-3-10-17)25-23-15-18-13-14-21(26-18)20-12-6-8-16-7-4-5-11-19(16)20/h1-15H,(H2,24,25,27)/b23-15-. The van der Waals surface area contributed by atoms with E-state index in [-0.39, 0.29) is 0 Å². The van der Waals surface area contributed by atoms with Crippen LogP contribution in [0.2, 0.25) is 0 Å². The fourth-order valence-electron chi connectivity index (χ4n) is 2.84. The number of hydrazone groups is 1. The van der Waals surface area contributed by atoms with E-state index in [1.165, 1.54) is 5.39 Å². The van der Waals surface area contributed by atoms with Gasteiger partial charge < -0.3 is 9.73 Å². The predicted molar refractivity (Wildman–Crippen MR) is 115 cm³/mol. The molecule has 0 bridgehead atoms. The van der Waals surface area contributed by atoms with Gasteiger partial charge in [0.05, 0.1) is 6.21 Å². The molecule has 0 saturated carbocycles. The van der Waals surface area contributed by atoms with Gasteiger partial charge in [0.25, 0.3) is 0 Å². The lowest BCUT2D eigenvalue weighted by Crippen LogP contribution is -2.23. The zero-order valence-corrected chi connectivity index (χ0v) is 15.2. The molecule has 1 heterocycles. The number of furan rings is 1. The molecule has 0 radical (unpaired) electrons. The Bertz CT molecular complexity index is 1100. The minimum Gasteiger partial charge on any atom is -0.455 e. The minimum atomic E-state index is 0.415. The lowest BCUT2D eigenvalue weighted by Gasteiger charge is -2.05. The van der Waals surface area contributed by atoms with E-state index in [1.807, 2.05) is 60.7 Å². The molecule has 0 saturated heterocycles. The summed E-state index contributed by atoms with van der Waals surface area (Å²) in [6.07, 6.45) is 1.60. The third-order valence-electron chi connectivity index (χ3n) is 4.07. The predicted octanol–water partition coefficient (Wildman–Crippen LogP) is 5.42. The van der Waals surface area contributed by atoms with Gasteiger partial charge >= 0.3 is 0 Å². The van der Waals surface area contributed by atoms with Crippen molar-refractivity contribution in [2.45, 2.75) is 0 Å². The first kappa shape index (κ1) is 17.0. The van der Waals surface area contributed by atoms with Crippen molar-refractivity contribution in [1.29, 1.82) is 0 Å². The van der Waals surface area contributed by atoms with Crippen molar-refractivity contribution in [3.05, 3.63) is 90.7 Å². The van der Waals surface area contributed by atoms with Gasteiger partial charge in [-0.2, -0.15) is 5.10 Å². The smallest absolute Gasteiger partial charge is 0.191 e. The van der Waals surface area contributed by atoms with Gasteiger partial charge in [-0.15, -0.1) is 0 Å². The number of thiocarbonyl (C=S) groups is 1. The Balaban J connectivity index is 1.45. The van der Waals surface area contributed by atoms with Gasteiger partial charge in [-0.3, -0.25) is 5.43 Å². The molecule has 132 valence electrons. The maximum absolute atomic E-state index is 5.92. The summed E-state index contributed by atoms with van der Waals surface area (Å²) in [6, 6.07) is 27.9. The van der Waals surface area contributed by atoms with Crippen LogP contribution in [0, 0.1) is 0 Å². The Morgan fingerprint density at radius 3 is 2.52 bits per heavy atom. The fraction of sp³-hybridized carbons (Fsp3) is 0. The first-order chi connectivity index (χ1) is 13.3. The van der Waals surface area contributed by atoms with Crippen LogP contribution in [0.4, 0.5) is 5.69 Å². The number of hydrogen-bond acceptors (Lipinski definition) is 3. The first-order valence-corrected chi connectivity index (χ1v) is 8.93. The van der Waals surface area contributed by atoms with Gasteiger partial charge in [-0.1, -0.05) is 60.7 Å². The highest BCUT2D eigenvalue weighted by molar-refractivity contribution is 7.80. The van der Waals surface area contributed by atoms with Crippen molar-refractivity contribution < 1.29 is 4.42 Å². The van der Waals surface area contributed by atoms with Crippen LogP contribution in [0.5, 0.6) is 0 Å². The molecular weight excluding hydrogens is 354 g/mol. The molecule has 3 aromatic carbocycles. The average Bonchev–Trinajstić information content (AvgIpc) is 3.17. The maximum atomic E-state index is 5.92. The highest BCUT2D eigenvalue weighted by Crippen LogP contribution is 2.29. The van der Waals surface area contributed by atoms with E-state index in [2.05, 4.69) is 40.1 Å². The van der Waals surface area contributed by atoms with E-state index in [9.17, 15) is 0 Å². The number of nitrogens with one attached hydrogen (secondary N) is 2. The van der Waals surface area contributed by atoms with E-state index < -0.39 is 0 Å². The molecule has 0 aliphatic carbocycles. The maximum Gasteiger partial charge on any atom is 0.191 e. The monoisotopic (exact) mass is 371 g/mol. The molecule has 4 rings (SSSR count). The number of para-hydroxylation sites is 1. The summed E-state index contributed by atoms with van der Waals surface area (Å²) in [7, 11) is 0. The summed E-state index contributed by atoms with van der Waals surface area (Å²) in [5, 5.41) is 9.94. The number of fused-ring (bicyclic) bond motifs is 1.